The molecule has 0 bridgehead atoms. The molecule has 0 spiro atoms. The highest BCUT2D eigenvalue weighted by molar-refractivity contribution is 7.85. The Morgan fingerprint density at radius 2 is 1.96 bits per heavy atom. The highest BCUT2D eigenvalue weighted by Crippen LogP contribution is 2.13. The van der Waals surface area contributed by atoms with Crippen LogP contribution in [-0.4, -0.2) is 32.0 Å². The molecule has 0 atom stereocenters. The van der Waals surface area contributed by atoms with E-state index in [0.29, 0.717) is 13.0 Å². The number of rotatable bonds is 7. The molecule has 0 saturated heterocycles. The predicted octanol–water partition coefficient (Wildman–Crippen LogP) is 2.03. The third-order valence-electron chi connectivity index (χ3n) is 3.49. The first-order valence-electron chi connectivity index (χ1n) is 7.62. The quantitative estimate of drug-likeness (QED) is 0.360. The van der Waals surface area contributed by atoms with Gasteiger partial charge in [0.05, 0.1) is 23.2 Å². The van der Waals surface area contributed by atoms with Crippen molar-refractivity contribution in [3.63, 3.8) is 0 Å². The van der Waals surface area contributed by atoms with Gasteiger partial charge in [0.15, 0.2) is 12.4 Å². The van der Waals surface area contributed by atoms with Crippen molar-refractivity contribution >= 4 is 22.0 Å². The Balaban J connectivity index is 1.99. The molecule has 1 aromatic heterocycles. The number of pyridine rings is 1. The van der Waals surface area contributed by atoms with Crippen molar-refractivity contribution in [3.8, 4) is 0 Å². The number of nitrogens with zero attached hydrogens (tertiary/aromatic N) is 3. The average molecular weight is 348 g/mol. The van der Waals surface area contributed by atoms with E-state index in [2.05, 4.69) is 5.10 Å². The zero-order valence-electron chi connectivity index (χ0n) is 13.8. The molecule has 0 radical (unpaired) electrons. The van der Waals surface area contributed by atoms with Crippen LogP contribution in [0.25, 0.3) is 0 Å². The van der Waals surface area contributed by atoms with E-state index in [9.17, 15) is 8.42 Å². The molecule has 0 fully saturated rings. The van der Waals surface area contributed by atoms with Crippen LogP contribution in [-0.2, 0) is 16.7 Å². The summed E-state index contributed by atoms with van der Waals surface area (Å²) >= 11 is 0. The van der Waals surface area contributed by atoms with Gasteiger partial charge < -0.3 is 0 Å². The van der Waals surface area contributed by atoms with Crippen LogP contribution in [0.2, 0.25) is 0 Å². The molecular weight excluding hydrogens is 326 g/mol. The molecule has 0 amide bonds. The van der Waals surface area contributed by atoms with Crippen LogP contribution >= 0.6 is 0 Å². The maximum atomic E-state index is 10.7. The summed E-state index contributed by atoms with van der Waals surface area (Å²) in [6, 6.07) is 11.9. The molecule has 1 N–H and O–H groups in total. The maximum Gasteiger partial charge on any atom is 0.265 e. The van der Waals surface area contributed by atoms with Crippen LogP contribution in [0.4, 0.5) is 5.69 Å². The molecule has 2 aromatic rings. The summed E-state index contributed by atoms with van der Waals surface area (Å²) in [5.74, 6) is -0.242. The Kier molecular flexibility index (Phi) is 6.05. The number of hydrogen-bond donors (Lipinski definition) is 1. The summed E-state index contributed by atoms with van der Waals surface area (Å²) in [6.45, 7) is 2.55. The summed E-state index contributed by atoms with van der Waals surface area (Å²) < 4.78 is 32.1. The van der Waals surface area contributed by atoms with Crippen LogP contribution in [0.5, 0.6) is 0 Å². The number of aromatic nitrogens is 1. The minimum absolute atomic E-state index is 0.242. The fraction of sp³-hybridized carbons (Fsp3) is 0.294. The van der Waals surface area contributed by atoms with E-state index < -0.39 is 10.1 Å². The van der Waals surface area contributed by atoms with Crippen molar-refractivity contribution in [1.82, 2.24) is 0 Å². The fourth-order valence-corrected chi connectivity index (χ4v) is 2.66. The van der Waals surface area contributed by atoms with E-state index in [-0.39, 0.29) is 5.75 Å². The summed E-state index contributed by atoms with van der Waals surface area (Å²) in [6.07, 6.45) is 5.84. The standard InChI is InChI=1S/C17H21N3O3S/c1-15-6-8-17(9-7-15)19(2)18-13-16-5-3-10-20(14-16)11-4-12-24(21,22)23/h3,5-10,13-14H,4,11-12H2,1-2H3/p+1/b18-13+. The number of hydrazone groups is 1. The second-order valence-electron chi connectivity index (χ2n) is 5.62. The fourth-order valence-electron chi connectivity index (χ4n) is 2.17. The topological polar surface area (TPSA) is 73.8 Å². The molecule has 7 heteroatoms. The van der Waals surface area contributed by atoms with Gasteiger partial charge >= 0.3 is 0 Å². The molecule has 6 nitrogen and oxygen atoms in total. The molecule has 0 aliphatic heterocycles. The zero-order valence-corrected chi connectivity index (χ0v) is 14.6. The SMILES string of the molecule is Cc1ccc(N(C)/N=C/c2ccc[n+](CCCS(=O)(=O)O)c2)cc1. The molecule has 0 unspecified atom stereocenters. The van der Waals surface area contributed by atoms with Gasteiger partial charge in [-0.3, -0.25) is 9.56 Å². The van der Waals surface area contributed by atoms with Crippen LogP contribution in [0, 0.1) is 6.92 Å². The van der Waals surface area contributed by atoms with Gasteiger partial charge in [-0.15, -0.1) is 0 Å². The molecule has 0 saturated carbocycles. The summed E-state index contributed by atoms with van der Waals surface area (Å²) in [7, 11) is -2.03. The summed E-state index contributed by atoms with van der Waals surface area (Å²) in [5, 5.41) is 6.20. The van der Waals surface area contributed by atoms with Gasteiger partial charge in [-0.1, -0.05) is 17.7 Å². The third kappa shape index (κ3) is 6.10. The number of hydrogen-bond acceptors (Lipinski definition) is 4. The average Bonchev–Trinajstić information content (AvgIpc) is 2.52. The second kappa shape index (κ2) is 8.03. The molecule has 1 aromatic carbocycles. The lowest BCUT2D eigenvalue weighted by molar-refractivity contribution is -0.696. The number of aryl methyl sites for hydroxylation is 2. The highest BCUT2D eigenvalue weighted by atomic mass is 32.2. The summed E-state index contributed by atoms with van der Waals surface area (Å²) in [5.41, 5.74) is 3.10. The largest absolute Gasteiger partial charge is 0.286 e. The lowest BCUT2D eigenvalue weighted by Gasteiger charge is -2.12. The van der Waals surface area contributed by atoms with Crippen LogP contribution in [0.3, 0.4) is 0 Å². The lowest BCUT2D eigenvalue weighted by Crippen LogP contribution is -2.34. The van der Waals surface area contributed by atoms with E-state index in [1.165, 1.54) is 5.56 Å². The molecule has 1 heterocycles. The van der Waals surface area contributed by atoms with Gasteiger partial charge in [-0.25, -0.2) is 4.57 Å². The third-order valence-corrected chi connectivity index (χ3v) is 4.29. The van der Waals surface area contributed by atoms with Crippen molar-refractivity contribution in [2.45, 2.75) is 19.9 Å². The first-order chi connectivity index (χ1) is 11.3. The number of anilines is 1. The van der Waals surface area contributed by atoms with Gasteiger partial charge in [-0.05, 0) is 25.1 Å². The van der Waals surface area contributed by atoms with E-state index in [0.717, 1.165) is 11.3 Å². The first-order valence-corrected chi connectivity index (χ1v) is 9.23. The Labute approximate surface area is 142 Å². The normalized spacial score (nSPS) is 11.8. The Hall–Kier alpha value is -2.25. The molecule has 0 aliphatic rings. The van der Waals surface area contributed by atoms with Gasteiger partial charge in [0.2, 0.25) is 0 Å². The van der Waals surface area contributed by atoms with Crippen molar-refractivity contribution < 1.29 is 17.5 Å². The molecule has 2 rings (SSSR count). The molecule has 0 aliphatic carbocycles. The smallest absolute Gasteiger partial charge is 0.265 e. The van der Waals surface area contributed by atoms with E-state index >= 15 is 0 Å². The van der Waals surface area contributed by atoms with Gasteiger partial charge in [0.25, 0.3) is 10.1 Å². The van der Waals surface area contributed by atoms with Crippen molar-refractivity contribution in [3.05, 3.63) is 59.9 Å². The Morgan fingerprint density at radius 3 is 2.62 bits per heavy atom. The van der Waals surface area contributed by atoms with Crippen LogP contribution in [0.1, 0.15) is 17.5 Å². The highest BCUT2D eigenvalue weighted by Gasteiger charge is 2.08. The zero-order chi connectivity index (χ0) is 17.6. The van der Waals surface area contributed by atoms with Crippen LogP contribution < -0.4 is 9.58 Å². The Morgan fingerprint density at radius 1 is 1.25 bits per heavy atom. The molecule has 24 heavy (non-hydrogen) atoms. The van der Waals surface area contributed by atoms with Crippen molar-refractivity contribution in [2.75, 3.05) is 17.8 Å². The monoisotopic (exact) mass is 348 g/mol. The van der Waals surface area contributed by atoms with E-state index in [1.807, 2.05) is 67.3 Å². The Bertz CT molecular complexity index is 802. The first kappa shape index (κ1) is 18.1. The maximum absolute atomic E-state index is 10.7. The minimum atomic E-state index is -3.91. The van der Waals surface area contributed by atoms with Gasteiger partial charge in [-0.2, -0.15) is 13.5 Å². The van der Waals surface area contributed by atoms with Crippen LogP contribution in [0.15, 0.2) is 53.9 Å². The van der Waals surface area contributed by atoms with E-state index in [1.54, 1.807) is 11.2 Å². The lowest BCUT2D eigenvalue weighted by atomic mass is 10.2. The van der Waals surface area contributed by atoms with Gasteiger partial charge in [0.1, 0.15) is 6.54 Å². The van der Waals surface area contributed by atoms with Gasteiger partial charge in [0, 0.05) is 19.5 Å². The molecular formula is C17H22N3O3S+. The second-order valence-corrected chi connectivity index (χ2v) is 7.19. The van der Waals surface area contributed by atoms with Crippen molar-refractivity contribution in [2.24, 2.45) is 5.10 Å². The van der Waals surface area contributed by atoms with Crippen molar-refractivity contribution in [1.29, 1.82) is 0 Å². The number of benzene rings is 1. The minimum Gasteiger partial charge on any atom is -0.286 e. The molecule has 128 valence electrons. The summed E-state index contributed by atoms with van der Waals surface area (Å²) in [4.78, 5) is 0. The predicted molar refractivity (Wildman–Crippen MR) is 94.8 cm³/mol. The van der Waals surface area contributed by atoms with E-state index in [4.69, 9.17) is 4.55 Å².